The lowest BCUT2D eigenvalue weighted by atomic mass is 9.78. The smallest absolute Gasteiger partial charge is 0.317 e. The summed E-state index contributed by atoms with van der Waals surface area (Å²) in [6.45, 7) is 4.43. The van der Waals surface area contributed by atoms with Gasteiger partial charge in [-0.2, -0.15) is 0 Å². The quantitative estimate of drug-likeness (QED) is 0.768. The molecule has 0 bridgehead atoms. The molecule has 0 aromatic carbocycles. The molecule has 2 N–H and O–H groups in total. The molecular formula is C13H24N2O3. The van der Waals surface area contributed by atoms with Crippen LogP contribution >= 0.6 is 0 Å². The molecule has 1 aliphatic carbocycles. The second kappa shape index (κ2) is 6.73. The molecular weight excluding hydrogens is 232 g/mol. The van der Waals surface area contributed by atoms with Crippen LogP contribution in [0.4, 0.5) is 0 Å². The van der Waals surface area contributed by atoms with Crippen molar-refractivity contribution < 1.29 is 14.7 Å². The number of carboxylic acids is 1. The Bertz CT molecular complexity index is 307. The van der Waals surface area contributed by atoms with Crippen LogP contribution in [0.2, 0.25) is 0 Å². The zero-order valence-corrected chi connectivity index (χ0v) is 11.5. The van der Waals surface area contributed by atoms with Crippen LogP contribution in [0.1, 0.15) is 33.1 Å². The molecule has 0 unspecified atom stereocenters. The van der Waals surface area contributed by atoms with E-state index in [0.29, 0.717) is 11.8 Å². The van der Waals surface area contributed by atoms with E-state index in [-0.39, 0.29) is 25.0 Å². The lowest BCUT2D eigenvalue weighted by Gasteiger charge is -2.34. The van der Waals surface area contributed by atoms with Gasteiger partial charge in [-0.25, -0.2) is 0 Å². The van der Waals surface area contributed by atoms with E-state index in [1.807, 2.05) is 0 Å². The lowest BCUT2D eigenvalue weighted by molar-refractivity contribution is -0.138. The van der Waals surface area contributed by atoms with Crippen LogP contribution < -0.4 is 5.32 Å². The Morgan fingerprint density at radius 2 is 1.94 bits per heavy atom. The first kappa shape index (κ1) is 15.0. The molecule has 1 fully saturated rings. The summed E-state index contributed by atoms with van der Waals surface area (Å²) in [7, 11) is 1.64. The number of hydrogen-bond acceptors (Lipinski definition) is 3. The molecule has 18 heavy (non-hydrogen) atoms. The van der Waals surface area contributed by atoms with Gasteiger partial charge in [0, 0.05) is 6.04 Å². The van der Waals surface area contributed by atoms with Gasteiger partial charge < -0.3 is 10.4 Å². The van der Waals surface area contributed by atoms with Gasteiger partial charge in [-0.3, -0.25) is 14.5 Å². The van der Waals surface area contributed by atoms with E-state index in [4.69, 9.17) is 5.11 Å². The number of amides is 1. The highest BCUT2D eigenvalue weighted by Crippen LogP contribution is 2.29. The van der Waals surface area contributed by atoms with Crippen molar-refractivity contribution in [3.8, 4) is 0 Å². The van der Waals surface area contributed by atoms with Gasteiger partial charge in [-0.1, -0.05) is 26.7 Å². The third kappa shape index (κ3) is 4.64. The van der Waals surface area contributed by atoms with Gasteiger partial charge in [0.2, 0.25) is 5.91 Å². The molecule has 3 atom stereocenters. The van der Waals surface area contributed by atoms with Crippen LogP contribution in [0.3, 0.4) is 0 Å². The Morgan fingerprint density at radius 1 is 1.28 bits per heavy atom. The third-order valence-corrected chi connectivity index (χ3v) is 3.87. The highest BCUT2D eigenvalue weighted by Gasteiger charge is 2.28. The van der Waals surface area contributed by atoms with E-state index in [0.717, 1.165) is 12.8 Å². The Balaban J connectivity index is 2.37. The second-order valence-electron chi connectivity index (χ2n) is 5.51. The topological polar surface area (TPSA) is 69.6 Å². The zero-order valence-electron chi connectivity index (χ0n) is 11.5. The van der Waals surface area contributed by atoms with Crippen LogP contribution in [-0.4, -0.2) is 48.1 Å². The SMILES string of the molecule is C[C@H]1[C@H](C)CCC[C@H]1NC(=O)CN(C)CC(=O)O. The standard InChI is InChI=1S/C13H24N2O3/c1-9-5-4-6-11(10(9)2)14-12(16)7-15(3)8-13(17)18/h9-11H,4-8H2,1-3H3,(H,14,16)(H,17,18)/t9-,10+,11-/m1/s1. The van der Waals surface area contributed by atoms with Crippen molar-refractivity contribution in [1.82, 2.24) is 10.2 Å². The summed E-state index contributed by atoms with van der Waals surface area (Å²) in [5.41, 5.74) is 0. The molecule has 0 aliphatic heterocycles. The maximum absolute atomic E-state index is 11.8. The maximum Gasteiger partial charge on any atom is 0.317 e. The third-order valence-electron chi connectivity index (χ3n) is 3.87. The summed E-state index contributed by atoms with van der Waals surface area (Å²) in [4.78, 5) is 23.8. The molecule has 0 aromatic rings. The predicted octanol–water partition coefficient (Wildman–Crippen LogP) is 0.944. The first-order valence-electron chi connectivity index (χ1n) is 6.60. The first-order valence-corrected chi connectivity index (χ1v) is 6.60. The second-order valence-corrected chi connectivity index (χ2v) is 5.51. The molecule has 5 nitrogen and oxygen atoms in total. The van der Waals surface area contributed by atoms with Gasteiger partial charge in [0.25, 0.3) is 0 Å². The van der Waals surface area contributed by atoms with Gasteiger partial charge in [0.15, 0.2) is 0 Å². The van der Waals surface area contributed by atoms with Crippen molar-refractivity contribution in [2.45, 2.75) is 39.2 Å². The van der Waals surface area contributed by atoms with Crippen molar-refractivity contribution in [2.24, 2.45) is 11.8 Å². The molecule has 104 valence electrons. The van der Waals surface area contributed by atoms with E-state index in [2.05, 4.69) is 19.2 Å². The number of likely N-dealkylation sites (N-methyl/N-ethyl adjacent to an activating group) is 1. The fraction of sp³-hybridized carbons (Fsp3) is 0.846. The normalized spacial score (nSPS) is 28.1. The number of aliphatic carboxylic acids is 1. The van der Waals surface area contributed by atoms with Crippen LogP contribution in [0.25, 0.3) is 0 Å². The van der Waals surface area contributed by atoms with Crippen molar-refractivity contribution in [1.29, 1.82) is 0 Å². The van der Waals surface area contributed by atoms with E-state index in [1.165, 1.54) is 11.3 Å². The summed E-state index contributed by atoms with van der Waals surface area (Å²) in [6, 6.07) is 0.236. The molecule has 0 aromatic heterocycles. The maximum atomic E-state index is 11.8. The molecule has 0 radical (unpaired) electrons. The molecule has 1 saturated carbocycles. The summed E-state index contributed by atoms with van der Waals surface area (Å²) in [5.74, 6) is 0.142. The minimum absolute atomic E-state index is 0.0790. The van der Waals surface area contributed by atoms with Crippen molar-refractivity contribution in [3.05, 3.63) is 0 Å². The molecule has 0 heterocycles. The summed E-state index contributed by atoms with van der Waals surface area (Å²) in [5, 5.41) is 11.7. The van der Waals surface area contributed by atoms with Gasteiger partial charge in [-0.05, 0) is 25.3 Å². The van der Waals surface area contributed by atoms with Crippen molar-refractivity contribution in [3.63, 3.8) is 0 Å². The minimum Gasteiger partial charge on any atom is -0.480 e. The van der Waals surface area contributed by atoms with E-state index in [9.17, 15) is 9.59 Å². The number of nitrogens with one attached hydrogen (secondary N) is 1. The Morgan fingerprint density at radius 3 is 2.56 bits per heavy atom. The Kier molecular flexibility index (Phi) is 5.59. The highest BCUT2D eigenvalue weighted by molar-refractivity contribution is 5.79. The average molecular weight is 256 g/mol. The first-order chi connectivity index (χ1) is 8.40. The predicted molar refractivity (Wildman–Crippen MR) is 69.2 cm³/mol. The minimum atomic E-state index is -0.912. The number of nitrogens with zero attached hydrogens (tertiary/aromatic N) is 1. The number of rotatable bonds is 5. The molecule has 0 saturated heterocycles. The fourth-order valence-corrected chi connectivity index (χ4v) is 2.57. The lowest BCUT2D eigenvalue weighted by Crippen LogP contribution is -2.47. The van der Waals surface area contributed by atoms with Crippen LogP contribution in [0.15, 0.2) is 0 Å². The largest absolute Gasteiger partial charge is 0.480 e. The van der Waals surface area contributed by atoms with Gasteiger partial charge in [-0.15, -0.1) is 0 Å². The summed E-state index contributed by atoms with van der Waals surface area (Å²) >= 11 is 0. The number of hydrogen-bond donors (Lipinski definition) is 2. The molecule has 0 spiro atoms. The van der Waals surface area contributed by atoms with Gasteiger partial charge in [0.1, 0.15) is 0 Å². The van der Waals surface area contributed by atoms with Gasteiger partial charge in [0.05, 0.1) is 13.1 Å². The van der Waals surface area contributed by atoms with Crippen LogP contribution in [0, 0.1) is 11.8 Å². The number of carbonyl (C=O) groups is 2. The van der Waals surface area contributed by atoms with Crippen molar-refractivity contribution in [2.75, 3.05) is 20.1 Å². The highest BCUT2D eigenvalue weighted by atomic mass is 16.4. The molecule has 1 amide bonds. The van der Waals surface area contributed by atoms with E-state index in [1.54, 1.807) is 7.05 Å². The van der Waals surface area contributed by atoms with Crippen LogP contribution in [-0.2, 0) is 9.59 Å². The molecule has 1 aliphatic rings. The zero-order chi connectivity index (χ0) is 13.7. The Hall–Kier alpha value is -1.10. The van der Waals surface area contributed by atoms with E-state index < -0.39 is 5.97 Å². The molecule has 5 heteroatoms. The van der Waals surface area contributed by atoms with Crippen molar-refractivity contribution >= 4 is 11.9 Å². The number of carbonyl (C=O) groups excluding carboxylic acids is 1. The molecule has 1 rings (SSSR count). The van der Waals surface area contributed by atoms with E-state index >= 15 is 0 Å². The monoisotopic (exact) mass is 256 g/mol. The Labute approximate surface area is 109 Å². The average Bonchev–Trinajstić information content (AvgIpc) is 2.23. The fourth-order valence-electron chi connectivity index (χ4n) is 2.57. The summed E-state index contributed by atoms with van der Waals surface area (Å²) in [6.07, 6.45) is 3.41. The van der Waals surface area contributed by atoms with Crippen LogP contribution in [0.5, 0.6) is 0 Å². The summed E-state index contributed by atoms with van der Waals surface area (Å²) < 4.78 is 0. The van der Waals surface area contributed by atoms with Gasteiger partial charge >= 0.3 is 5.97 Å². The number of carboxylic acid groups (broad SMARTS) is 1.